The zero-order valence-electron chi connectivity index (χ0n) is 6.42. The van der Waals surface area contributed by atoms with Gasteiger partial charge in [0.25, 0.3) is 5.91 Å². The Labute approximate surface area is 65.1 Å². The Morgan fingerprint density at radius 3 is 2.20 bits per heavy atom. The average Bonchev–Trinajstić information content (AvgIpc) is 1.88. The lowest BCUT2D eigenvalue weighted by Gasteiger charge is -2.14. The molecule has 0 radical (unpaired) electrons. The molecule has 1 amide bonds. The first-order valence-corrected chi connectivity index (χ1v) is 4.39. The van der Waals surface area contributed by atoms with Gasteiger partial charge in [0.2, 0.25) is 0 Å². The van der Waals surface area contributed by atoms with Crippen LogP contribution >= 0.6 is 11.8 Å². The van der Waals surface area contributed by atoms with E-state index >= 15 is 0 Å². The summed E-state index contributed by atoms with van der Waals surface area (Å²) >= 11 is 1.44. The van der Waals surface area contributed by atoms with Crippen LogP contribution in [-0.2, 0) is 4.79 Å². The second kappa shape index (κ2) is 4.57. The van der Waals surface area contributed by atoms with Gasteiger partial charge in [0, 0.05) is 0 Å². The van der Waals surface area contributed by atoms with E-state index in [-0.39, 0.29) is 17.1 Å². The first kappa shape index (κ1) is 9.78. The van der Waals surface area contributed by atoms with Gasteiger partial charge in [0.05, 0.1) is 5.25 Å². The molecule has 0 aromatic heterocycles. The average molecular weight is 163 g/mol. The monoisotopic (exact) mass is 163 g/mol. The quantitative estimate of drug-likeness (QED) is 0.479. The van der Waals surface area contributed by atoms with Crippen LogP contribution in [0.4, 0.5) is 0 Å². The maximum Gasteiger partial charge on any atom is 0.256 e. The minimum absolute atomic E-state index is 0.148. The summed E-state index contributed by atoms with van der Waals surface area (Å²) in [5.41, 5.74) is 1.64. The van der Waals surface area contributed by atoms with Crippen LogP contribution < -0.4 is 5.48 Å². The van der Waals surface area contributed by atoms with Crippen molar-refractivity contribution in [3.8, 4) is 0 Å². The molecule has 3 nitrogen and oxygen atoms in total. The third-order valence-electron chi connectivity index (χ3n) is 1.23. The Hall–Kier alpha value is -0.220. The van der Waals surface area contributed by atoms with E-state index in [1.54, 1.807) is 5.48 Å². The van der Waals surface area contributed by atoms with Crippen molar-refractivity contribution < 1.29 is 10.0 Å². The van der Waals surface area contributed by atoms with E-state index in [1.807, 2.05) is 20.1 Å². The van der Waals surface area contributed by atoms with Gasteiger partial charge in [0.15, 0.2) is 0 Å². The topological polar surface area (TPSA) is 49.3 Å². The van der Waals surface area contributed by atoms with E-state index in [9.17, 15) is 4.79 Å². The van der Waals surface area contributed by atoms with Crippen LogP contribution in [0.15, 0.2) is 0 Å². The van der Waals surface area contributed by atoms with E-state index in [0.717, 1.165) is 0 Å². The second-order valence-corrected chi connectivity index (χ2v) is 3.36. The highest BCUT2D eigenvalue weighted by Gasteiger charge is 2.19. The van der Waals surface area contributed by atoms with Crippen LogP contribution in [-0.4, -0.2) is 22.6 Å². The van der Waals surface area contributed by atoms with Crippen LogP contribution in [0.1, 0.15) is 13.8 Å². The van der Waals surface area contributed by atoms with Crippen molar-refractivity contribution in [3.63, 3.8) is 0 Å². The summed E-state index contributed by atoms with van der Waals surface area (Å²) in [4.78, 5) is 10.8. The van der Waals surface area contributed by atoms with Gasteiger partial charge in [-0.1, -0.05) is 13.8 Å². The Morgan fingerprint density at radius 2 is 2.10 bits per heavy atom. The van der Waals surface area contributed by atoms with Gasteiger partial charge in [-0.3, -0.25) is 10.0 Å². The zero-order chi connectivity index (χ0) is 8.15. The number of hydrogen-bond acceptors (Lipinski definition) is 3. The fraction of sp³-hybridized carbons (Fsp3) is 0.833. The van der Waals surface area contributed by atoms with Crippen LogP contribution in [0.25, 0.3) is 0 Å². The molecule has 1 unspecified atom stereocenters. The molecule has 0 aromatic carbocycles. The fourth-order valence-electron chi connectivity index (χ4n) is 0.746. The first-order chi connectivity index (χ1) is 4.63. The molecule has 0 aliphatic heterocycles. The Morgan fingerprint density at radius 1 is 1.60 bits per heavy atom. The van der Waals surface area contributed by atoms with E-state index in [4.69, 9.17) is 5.21 Å². The molecule has 60 valence electrons. The van der Waals surface area contributed by atoms with E-state index in [1.165, 1.54) is 11.8 Å². The molecule has 10 heavy (non-hydrogen) atoms. The van der Waals surface area contributed by atoms with Gasteiger partial charge >= 0.3 is 0 Å². The summed E-state index contributed by atoms with van der Waals surface area (Å²) in [5, 5.41) is 8.12. The maximum absolute atomic E-state index is 10.8. The summed E-state index contributed by atoms with van der Waals surface area (Å²) in [7, 11) is 0. The molecule has 0 saturated heterocycles. The molecule has 2 N–H and O–H groups in total. The van der Waals surface area contributed by atoms with Gasteiger partial charge < -0.3 is 0 Å². The van der Waals surface area contributed by atoms with Gasteiger partial charge in [0.1, 0.15) is 0 Å². The minimum Gasteiger partial charge on any atom is -0.289 e. The number of hydrogen-bond donors (Lipinski definition) is 2. The Bertz CT molecular complexity index is 116. The lowest BCUT2D eigenvalue weighted by Crippen LogP contribution is -2.33. The number of hydroxylamine groups is 1. The van der Waals surface area contributed by atoms with Crippen LogP contribution in [0.2, 0.25) is 0 Å². The van der Waals surface area contributed by atoms with Gasteiger partial charge in [-0.25, -0.2) is 5.48 Å². The van der Waals surface area contributed by atoms with Crippen molar-refractivity contribution in [1.29, 1.82) is 0 Å². The van der Waals surface area contributed by atoms with Crippen molar-refractivity contribution in [1.82, 2.24) is 5.48 Å². The molecular formula is C6H13NO2S. The Kier molecular flexibility index (Phi) is 4.47. The highest BCUT2D eigenvalue weighted by Crippen LogP contribution is 2.15. The molecule has 0 spiro atoms. The lowest BCUT2D eigenvalue weighted by molar-refractivity contribution is -0.129. The van der Waals surface area contributed by atoms with Crippen LogP contribution in [0.3, 0.4) is 0 Å². The standard InChI is InChI=1S/C6H13NO2S/c1-4(2)5(10-3)6(8)7-9/h4-5,9H,1-3H3,(H,7,8). The van der Waals surface area contributed by atoms with Crippen molar-refractivity contribution in [3.05, 3.63) is 0 Å². The van der Waals surface area contributed by atoms with E-state index in [2.05, 4.69) is 0 Å². The zero-order valence-corrected chi connectivity index (χ0v) is 7.23. The predicted molar refractivity (Wildman–Crippen MR) is 42.1 cm³/mol. The maximum atomic E-state index is 10.8. The summed E-state index contributed by atoms with van der Waals surface area (Å²) in [5.74, 6) is -0.0651. The lowest BCUT2D eigenvalue weighted by atomic mass is 10.1. The molecule has 4 heteroatoms. The third-order valence-corrected chi connectivity index (χ3v) is 2.49. The molecule has 1 atom stereocenters. The molecule has 0 fully saturated rings. The van der Waals surface area contributed by atoms with Gasteiger partial charge in [-0.05, 0) is 12.2 Å². The molecule has 0 rings (SSSR count). The van der Waals surface area contributed by atoms with E-state index < -0.39 is 0 Å². The number of amides is 1. The molecule has 0 aliphatic carbocycles. The molecule has 0 saturated carbocycles. The largest absolute Gasteiger partial charge is 0.289 e. The summed E-state index contributed by atoms with van der Waals surface area (Å²) < 4.78 is 0. The van der Waals surface area contributed by atoms with E-state index in [0.29, 0.717) is 0 Å². The van der Waals surface area contributed by atoms with Crippen molar-refractivity contribution in [2.75, 3.05) is 6.26 Å². The minimum atomic E-state index is -0.317. The molecule has 0 aliphatic rings. The molecule has 0 heterocycles. The SMILES string of the molecule is CSC(C(=O)NO)C(C)C. The molecular weight excluding hydrogens is 150 g/mol. The smallest absolute Gasteiger partial charge is 0.256 e. The number of carbonyl (C=O) groups is 1. The highest BCUT2D eigenvalue weighted by molar-refractivity contribution is 7.99. The number of thioether (sulfide) groups is 1. The number of carbonyl (C=O) groups excluding carboxylic acids is 1. The van der Waals surface area contributed by atoms with Gasteiger partial charge in [-0.15, -0.1) is 0 Å². The normalized spacial score (nSPS) is 13.3. The van der Waals surface area contributed by atoms with Crippen LogP contribution in [0.5, 0.6) is 0 Å². The first-order valence-electron chi connectivity index (χ1n) is 3.10. The Balaban J connectivity index is 3.93. The van der Waals surface area contributed by atoms with Crippen molar-refractivity contribution >= 4 is 17.7 Å². The highest BCUT2D eigenvalue weighted by atomic mass is 32.2. The molecule has 0 aromatic rings. The second-order valence-electron chi connectivity index (χ2n) is 2.38. The van der Waals surface area contributed by atoms with Crippen LogP contribution in [0, 0.1) is 5.92 Å². The summed E-state index contributed by atoms with van der Waals surface area (Å²) in [6, 6.07) is 0. The third kappa shape index (κ3) is 2.58. The van der Waals surface area contributed by atoms with Gasteiger partial charge in [-0.2, -0.15) is 11.8 Å². The summed E-state index contributed by atoms with van der Waals surface area (Å²) in [6.07, 6.45) is 1.85. The molecule has 0 bridgehead atoms. The predicted octanol–water partition coefficient (Wildman–Crippen LogP) is 0.879. The number of nitrogens with one attached hydrogen (secondary N) is 1. The summed E-state index contributed by atoms with van der Waals surface area (Å²) in [6.45, 7) is 3.88. The fourth-order valence-corrected chi connectivity index (χ4v) is 1.56. The number of rotatable bonds is 3. The van der Waals surface area contributed by atoms with Crippen molar-refractivity contribution in [2.24, 2.45) is 5.92 Å². The van der Waals surface area contributed by atoms with Crippen molar-refractivity contribution in [2.45, 2.75) is 19.1 Å².